The van der Waals surface area contributed by atoms with Gasteiger partial charge in [0.05, 0.1) is 12.1 Å². The second-order valence-electron chi connectivity index (χ2n) is 7.32. The van der Waals surface area contributed by atoms with Crippen molar-refractivity contribution in [2.75, 3.05) is 20.1 Å². The van der Waals surface area contributed by atoms with Gasteiger partial charge in [0.15, 0.2) is 0 Å². The Kier molecular flexibility index (Phi) is 4.07. The highest BCUT2D eigenvalue weighted by Crippen LogP contribution is 2.48. The maximum atomic E-state index is 12.5. The van der Waals surface area contributed by atoms with Gasteiger partial charge in [-0.15, -0.1) is 0 Å². The summed E-state index contributed by atoms with van der Waals surface area (Å²) in [5, 5.41) is 0. The normalized spacial score (nSPS) is 23.5. The van der Waals surface area contributed by atoms with Crippen molar-refractivity contribution in [2.24, 2.45) is 7.05 Å². The highest BCUT2D eigenvalue weighted by atomic mass is 16.2. The number of hydrogen-bond acceptors (Lipinski definition) is 4. The highest BCUT2D eigenvalue weighted by molar-refractivity contribution is 5.81. The second kappa shape index (κ2) is 6.26. The summed E-state index contributed by atoms with van der Waals surface area (Å²) < 4.78 is 2.08. The summed E-state index contributed by atoms with van der Waals surface area (Å²) in [5.41, 5.74) is 1.18. The molecular formula is C19H25N5O. The lowest BCUT2D eigenvalue weighted by Crippen LogP contribution is -2.53. The molecule has 1 atom stereocenters. The van der Waals surface area contributed by atoms with Gasteiger partial charge in [-0.05, 0) is 30.5 Å². The van der Waals surface area contributed by atoms with Crippen molar-refractivity contribution >= 4 is 5.91 Å². The van der Waals surface area contributed by atoms with Gasteiger partial charge >= 0.3 is 0 Å². The summed E-state index contributed by atoms with van der Waals surface area (Å²) in [6, 6.07) is 4.14. The van der Waals surface area contributed by atoms with Gasteiger partial charge in [0.1, 0.15) is 5.82 Å². The fourth-order valence-electron chi connectivity index (χ4n) is 4.54. The number of aryl methyl sites for hydroxylation is 1. The molecule has 1 spiro atoms. The predicted molar refractivity (Wildman–Crippen MR) is 94.8 cm³/mol. The third kappa shape index (κ3) is 2.74. The van der Waals surface area contributed by atoms with Crippen molar-refractivity contribution in [1.82, 2.24) is 24.3 Å². The van der Waals surface area contributed by atoms with Gasteiger partial charge in [0.2, 0.25) is 5.91 Å². The lowest BCUT2D eigenvalue weighted by Gasteiger charge is -2.46. The molecule has 2 aromatic rings. The number of hydrogen-bond donors (Lipinski definition) is 0. The molecule has 2 aliphatic heterocycles. The van der Waals surface area contributed by atoms with Crippen LogP contribution in [0.25, 0.3) is 0 Å². The fourth-order valence-corrected chi connectivity index (χ4v) is 4.54. The third-order valence-electron chi connectivity index (χ3n) is 6.19. The van der Waals surface area contributed by atoms with Gasteiger partial charge in [-0.3, -0.25) is 14.7 Å². The molecule has 6 heteroatoms. The van der Waals surface area contributed by atoms with E-state index in [1.165, 1.54) is 5.56 Å². The van der Waals surface area contributed by atoms with Gasteiger partial charge in [0.25, 0.3) is 0 Å². The van der Waals surface area contributed by atoms with E-state index in [2.05, 4.69) is 31.6 Å². The van der Waals surface area contributed by atoms with Crippen LogP contribution in [-0.2, 0) is 18.4 Å². The van der Waals surface area contributed by atoms with Crippen LogP contribution in [0.3, 0.4) is 0 Å². The number of pyridine rings is 1. The number of likely N-dealkylation sites (tertiary alicyclic amines) is 2. The van der Waals surface area contributed by atoms with Crippen molar-refractivity contribution in [3.05, 3.63) is 48.3 Å². The van der Waals surface area contributed by atoms with Crippen LogP contribution in [0.5, 0.6) is 0 Å². The number of piperidine rings is 1. The van der Waals surface area contributed by atoms with Crippen molar-refractivity contribution < 1.29 is 4.79 Å². The van der Waals surface area contributed by atoms with Crippen LogP contribution in [-0.4, -0.2) is 55.9 Å². The molecule has 132 valence electrons. The Morgan fingerprint density at radius 1 is 1.16 bits per heavy atom. The van der Waals surface area contributed by atoms with Crippen LogP contribution in [0, 0.1) is 0 Å². The smallest absolute Gasteiger partial charge is 0.223 e. The minimum Gasteiger partial charge on any atom is -0.339 e. The average molecular weight is 339 g/mol. The number of imidazole rings is 1. The van der Waals surface area contributed by atoms with E-state index in [4.69, 9.17) is 0 Å². The number of carbonyl (C=O) groups excluding carboxylic acids is 1. The van der Waals surface area contributed by atoms with E-state index in [0.29, 0.717) is 6.42 Å². The molecule has 25 heavy (non-hydrogen) atoms. The SMILES string of the molecule is CN1C(=O)C[C@@H](c2ccncc2)C12CCN(Cc1nccn1C)CC2. The van der Waals surface area contributed by atoms with E-state index < -0.39 is 0 Å². The number of aromatic nitrogens is 3. The monoisotopic (exact) mass is 339 g/mol. The zero-order chi connectivity index (χ0) is 17.4. The first-order valence-corrected chi connectivity index (χ1v) is 8.95. The molecule has 2 aromatic heterocycles. The number of amides is 1. The maximum Gasteiger partial charge on any atom is 0.223 e. The number of rotatable bonds is 3. The first-order valence-electron chi connectivity index (χ1n) is 8.95. The predicted octanol–water partition coefficient (Wildman–Crippen LogP) is 1.80. The largest absolute Gasteiger partial charge is 0.339 e. The molecule has 0 aromatic carbocycles. The average Bonchev–Trinajstić information content (AvgIpc) is 3.14. The molecule has 0 N–H and O–H groups in total. The standard InChI is InChI=1S/C19H25N5O/c1-22-12-9-21-17(22)14-24-10-5-19(6-11-24)16(13-18(25)23(19)2)15-3-7-20-8-4-15/h3-4,7-9,12,16H,5-6,10-11,13-14H2,1-2H3/t16-/m0/s1. The van der Waals surface area contributed by atoms with Gasteiger partial charge in [-0.2, -0.15) is 0 Å². The van der Waals surface area contributed by atoms with E-state index >= 15 is 0 Å². The van der Waals surface area contributed by atoms with Crippen molar-refractivity contribution in [1.29, 1.82) is 0 Å². The molecule has 0 bridgehead atoms. The summed E-state index contributed by atoms with van der Waals surface area (Å²) in [4.78, 5) is 25.5. The van der Waals surface area contributed by atoms with Crippen LogP contribution in [0.2, 0.25) is 0 Å². The van der Waals surface area contributed by atoms with Crippen LogP contribution < -0.4 is 0 Å². The lowest BCUT2D eigenvalue weighted by molar-refractivity contribution is -0.130. The van der Waals surface area contributed by atoms with Crippen molar-refractivity contribution in [3.63, 3.8) is 0 Å². The number of nitrogens with zero attached hydrogens (tertiary/aromatic N) is 5. The molecular weight excluding hydrogens is 314 g/mol. The van der Waals surface area contributed by atoms with Gasteiger partial charge < -0.3 is 9.47 Å². The number of likely N-dealkylation sites (N-methyl/N-ethyl adjacent to an activating group) is 1. The van der Waals surface area contributed by atoms with E-state index in [-0.39, 0.29) is 17.4 Å². The van der Waals surface area contributed by atoms with Crippen LogP contribution in [0.4, 0.5) is 0 Å². The summed E-state index contributed by atoms with van der Waals surface area (Å²) in [6.45, 7) is 2.86. The zero-order valence-corrected chi connectivity index (χ0v) is 14.9. The number of carbonyl (C=O) groups is 1. The maximum absolute atomic E-state index is 12.5. The molecule has 0 unspecified atom stereocenters. The molecule has 6 nitrogen and oxygen atoms in total. The Bertz CT molecular complexity index is 748. The van der Waals surface area contributed by atoms with Crippen molar-refractivity contribution in [3.8, 4) is 0 Å². The quantitative estimate of drug-likeness (QED) is 0.856. The summed E-state index contributed by atoms with van der Waals surface area (Å²) >= 11 is 0. The molecule has 1 amide bonds. The van der Waals surface area contributed by atoms with Gasteiger partial charge in [-0.1, -0.05) is 0 Å². The highest BCUT2D eigenvalue weighted by Gasteiger charge is 2.52. The van der Waals surface area contributed by atoms with Gasteiger partial charge in [-0.25, -0.2) is 4.98 Å². The Balaban J connectivity index is 1.53. The van der Waals surface area contributed by atoms with Gasteiger partial charge in [0, 0.05) is 64.3 Å². The molecule has 0 saturated carbocycles. The van der Waals surface area contributed by atoms with E-state index in [1.54, 1.807) is 0 Å². The van der Waals surface area contributed by atoms with E-state index in [1.807, 2.05) is 43.8 Å². The Hall–Kier alpha value is -2.21. The van der Waals surface area contributed by atoms with E-state index in [0.717, 1.165) is 38.3 Å². The second-order valence-corrected chi connectivity index (χ2v) is 7.32. The lowest BCUT2D eigenvalue weighted by atomic mass is 9.74. The molecule has 2 saturated heterocycles. The fraction of sp³-hybridized carbons (Fsp3) is 0.526. The van der Waals surface area contributed by atoms with Crippen molar-refractivity contribution in [2.45, 2.75) is 37.3 Å². The molecule has 0 aliphatic carbocycles. The Morgan fingerprint density at radius 2 is 1.88 bits per heavy atom. The van der Waals surface area contributed by atoms with Crippen LogP contribution in [0.1, 0.15) is 36.6 Å². The summed E-state index contributed by atoms with van der Waals surface area (Å²) in [7, 11) is 4.02. The van der Waals surface area contributed by atoms with Crippen LogP contribution in [0.15, 0.2) is 36.9 Å². The molecule has 2 aliphatic rings. The first-order chi connectivity index (χ1) is 12.1. The summed E-state index contributed by atoms with van der Waals surface area (Å²) in [5.74, 6) is 1.63. The Morgan fingerprint density at radius 3 is 2.52 bits per heavy atom. The molecule has 2 fully saturated rings. The third-order valence-corrected chi connectivity index (χ3v) is 6.19. The van der Waals surface area contributed by atoms with Crippen LogP contribution >= 0.6 is 0 Å². The first kappa shape index (κ1) is 16.3. The minimum atomic E-state index is -0.0590. The molecule has 0 radical (unpaired) electrons. The molecule has 4 heterocycles. The minimum absolute atomic E-state index is 0.0590. The molecule has 4 rings (SSSR count). The van der Waals surface area contributed by atoms with E-state index in [9.17, 15) is 4.79 Å². The Labute approximate surface area is 148 Å². The zero-order valence-electron chi connectivity index (χ0n) is 14.9. The summed E-state index contributed by atoms with van der Waals surface area (Å²) in [6.07, 6.45) is 10.1. The topological polar surface area (TPSA) is 54.3 Å².